The van der Waals surface area contributed by atoms with E-state index in [-0.39, 0.29) is 17.9 Å². The Morgan fingerprint density at radius 1 is 1.38 bits per heavy atom. The summed E-state index contributed by atoms with van der Waals surface area (Å²) >= 11 is 3.50. The normalized spacial score (nSPS) is 19.9. The first-order valence-electron chi connectivity index (χ1n) is 7.06. The van der Waals surface area contributed by atoms with Crippen LogP contribution in [0.4, 0.5) is 0 Å². The summed E-state index contributed by atoms with van der Waals surface area (Å²) in [6, 6.07) is 3.43. The molecule has 5 nitrogen and oxygen atoms in total. The van der Waals surface area contributed by atoms with E-state index in [1.54, 1.807) is 0 Å². The second-order valence-corrected chi connectivity index (χ2v) is 6.80. The molecular formula is C15H18BrNO4. The summed E-state index contributed by atoms with van der Waals surface area (Å²) in [6.45, 7) is 1.35. The van der Waals surface area contributed by atoms with Gasteiger partial charge in [-0.3, -0.25) is 4.79 Å². The average Bonchev–Trinajstić information content (AvgIpc) is 3.23. The smallest absolute Gasteiger partial charge is 0.303 e. The highest BCUT2D eigenvalue weighted by Crippen LogP contribution is 2.50. The first-order valence-corrected chi connectivity index (χ1v) is 7.85. The number of hydrogen-bond acceptors (Lipinski definition) is 4. The van der Waals surface area contributed by atoms with Crippen molar-refractivity contribution in [3.05, 3.63) is 22.2 Å². The van der Waals surface area contributed by atoms with Crippen molar-refractivity contribution in [3.63, 3.8) is 0 Å². The Bertz CT molecular complexity index is 571. The van der Waals surface area contributed by atoms with Gasteiger partial charge in [-0.15, -0.1) is 0 Å². The van der Waals surface area contributed by atoms with E-state index >= 15 is 0 Å². The molecule has 0 bridgehead atoms. The molecule has 1 aliphatic carbocycles. The number of carbonyl (C=O) groups is 1. The van der Waals surface area contributed by atoms with Crippen LogP contribution in [0.3, 0.4) is 0 Å². The van der Waals surface area contributed by atoms with Crippen molar-refractivity contribution >= 4 is 21.9 Å². The molecule has 0 radical (unpaired) electrons. The topological polar surface area (TPSA) is 81.8 Å². The van der Waals surface area contributed by atoms with E-state index < -0.39 is 5.97 Å². The third kappa shape index (κ3) is 3.16. The van der Waals surface area contributed by atoms with Crippen molar-refractivity contribution in [2.24, 2.45) is 11.1 Å². The minimum absolute atomic E-state index is 0.0519. The summed E-state index contributed by atoms with van der Waals surface area (Å²) in [5, 5.41) is 8.75. The molecule has 21 heavy (non-hydrogen) atoms. The third-order valence-electron chi connectivity index (χ3n) is 4.14. The van der Waals surface area contributed by atoms with Gasteiger partial charge in [-0.25, -0.2) is 0 Å². The maximum absolute atomic E-state index is 10.6. The number of carboxylic acid groups (broad SMARTS) is 1. The van der Waals surface area contributed by atoms with E-state index in [2.05, 4.69) is 15.9 Å². The molecule has 2 aliphatic rings. The summed E-state index contributed by atoms with van der Waals surface area (Å²) < 4.78 is 12.6. The zero-order chi connectivity index (χ0) is 15.0. The van der Waals surface area contributed by atoms with Gasteiger partial charge < -0.3 is 20.3 Å². The maximum Gasteiger partial charge on any atom is 0.303 e. The Balaban J connectivity index is 1.80. The number of nitrogens with two attached hydrogens (primary N) is 1. The predicted molar refractivity (Wildman–Crippen MR) is 80.6 cm³/mol. The van der Waals surface area contributed by atoms with E-state index in [4.69, 9.17) is 20.3 Å². The molecular weight excluding hydrogens is 338 g/mol. The van der Waals surface area contributed by atoms with Crippen LogP contribution in [0.1, 0.15) is 37.3 Å². The number of carboxylic acids is 1. The van der Waals surface area contributed by atoms with Crippen LogP contribution >= 0.6 is 15.9 Å². The number of halogens is 1. The predicted octanol–water partition coefficient (Wildman–Crippen LogP) is 2.87. The van der Waals surface area contributed by atoms with Crippen LogP contribution in [-0.2, 0) is 4.79 Å². The second-order valence-electron chi connectivity index (χ2n) is 5.95. The highest BCUT2D eigenvalue weighted by atomic mass is 79.9. The van der Waals surface area contributed by atoms with Gasteiger partial charge in [0.15, 0.2) is 11.5 Å². The summed E-state index contributed by atoms with van der Waals surface area (Å²) in [7, 11) is 0. The molecule has 1 fully saturated rings. The SMILES string of the molecule is NC(CCC(=O)O)c1cc(Br)c2c(c1)OCC1(CC1)CO2. The summed E-state index contributed by atoms with van der Waals surface area (Å²) in [5.74, 6) is 0.566. The van der Waals surface area contributed by atoms with Crippen molar-refractivity contribution in [1.29, 1.82) is 0 Å². The lowest BCUT2D eigenvalue weighted by Crippen LogP contribution is -2.17. The highest BCUT2D eigenvalue weighted by molar-refractivity contribution is 9.10. The fourth-order valence-electron chi connectivity index (χ4n) is 2.46. The molecule has 6 heteroatoms. The number of ether oxygens (including phenoxy) is 2. The second kappa shape index (κ2) is 5.50. The molecule has 0 amide bonds. The Hall–Kier alpha value is -1.27. The number of rotatable bonds is 4. The van der Waals surface area contributed by atoms with Gasteiger partial charge in [0.2, 0.25) is 0 Å². The molecule has 0 aromatic heterocycles. The molecule has 1 aliphatic heterocycles. The van der Waals surface area contributed by atoms with Gasteiger partial charge in [0.25, 0.3) is 0 Å². The summed E-state index contributed by atoms with van der Waals surface area (Å²) in [5.41, 5.74) is 7.11. The van der Waals surface area contributed by atoms with Crippen molar-refractivity contribution < 1.29 is 19.4 Å². The van der Waals surface area contributed by atoms with Crippen molar-refractivity contribution in [2.45, 2.75) is 31.7 Å². The fourth-order valence-corrected chi connectivity index (χ4v) is 3.03. The monoisotopic (exact) mass is 355 g/mol. The first kappa shape index (κ1) is 14.7. The van der Waals surface area contributed by atoms with Gasteiger partial charge in [-0.2, -0.15) is 0 Å². The molecule has 0 saturated heterocycles. The molecule has 1 unspecified atom stereocenters. The quantitative estimate of drug-likeness (QED) is 0.867. The number of aliphatic carboxylic acids is 1. The Kier molecular flexibility index (Phi) is 3.84. The van der Waals surface area contributed by atoms with Crippen LogP contribution in [-0.4, -0.2) is 24.3 Å². The van der Waals surface area contributed by atoms with Crippen LogP contribution in [0.5, 0.6) is 11.5 Å². The van der Waals surface area contributed by atoms with Crippen LogP contribution in [0, 0.1) is 5.41 Å². The first-order chi connectivity index (χ1) is 9.99. The standard InChI is InChI=1S/C15H18BrNO4/c16-10-5-9(11(17)1-2-13(18)19)6-12-14(10)21-8-15(3-4-15)7-20-12/h5-6,11H,1-4,7-8,17H2,(H,18,19). The van der Waals surface area contributed by atoms with E-state index in [0.717, 1.165) is 22.9 Å². The lowest BCUT2D eigenvalue weighted by molar-refractivity contribution is -0.137. The molecule has 114 valence electrons. The van der Waals surface area contributed by atoms with Crippen LogP contribution in [0.15, 0.2) is 16.6 Å². The Morgan fingerprint density at radius 3 is 2.76 bits per heavy atom. The largest absolute Gasteiger partial charge is 0.489 e. The van der Waals surface area contributed by atoms with E-state index in [0.29, 0.717) is 31.1 Å². The van der Waals surface area contributed by atoms with Crippen LogP contribution < -0.4 is 15.2 Å². The van der Waals surface area contributed by atoms with Crippen LogP contribution in [0.2, 0.25) is 0 Å². The van der Waals surface area contributed by atoms with Gasteiger partial charge >= 0.3 is 5.97 Å². The van der Waals surface area contributed by atoms with Crippen LogP contribution in [0.25, 0.3) is 0 Å². The molecule has 3 rings (SSSR count). The number of hydrogen-bond donors (Lipinski definition) is 2. The zero-order valence-electron chi connectivity index (χ0n) is 11.6. The molecule has 1 spiro atoms. The molecule has 1 aromatic carbocycles. The third-order valence-corrected chi connectivity index (χ3v) is 4.73. The molecule has 1 saturated carbocycles. The van der Waals surface area contributed by atoms with E-state index in [1.165, 1.54) is 0 Å². The molecule has 1 heterocycles. The average molecular weight is 356 g/mol. The zero-order valence-corrected chi connectivity index (χ0v) is 13.2. The van der Waals surface area contributed by atoms with Gasteiger partial charge in [-0.05, 0) is 52.9 Å². The minimum Gasteiger partial charge on any atom is -0.489 e. The van der Waals surface area contributed by atoms with Gasteiger partial charge in [0.05, 0.1) is 17.7 Å². The Morgan fingerprint density at radius 2 is 2.10 bits per heavy atom. The fraction of sp³-hybridized carbons (Fsp3) is 0.533. The van der Waals surface area contributed by atoms with Crippen molar-refractivity contribution in [2.75, 3.05) is 13.2 Å². The van der Waals surface area contributed by atoms with Crippen molar-refractivity contribution in [3.8, 4) is 11.5 Å². The molecule has 1 aromatic rings. The lowest BCUT2D eigenvalue weighted by Gasteiger charge is -2.15. The van der Waals surface area contributed by atoms with Gasteiger partial charge in [0.1, 0.15) is 0 Å². The number of benzene rings is 1. The Labute approximate surface area is 131 Å². The minimum atomic E-state index is -0.838. The summed E-state index contributed by atoms with van der Waals surface area (Å²) in [6.07, 6.45) is 2.73. The van der Waals surface area contributed by atoms with Gasteiger partial charge in [0, 0.05) is 17.9 Å². The highest BCUT2D eigenvalue weighted by Gasteiger charge is 2.46. The van der Waals surface area contributed by atoms with E-state index in [1.807, 2.05) is 12.1 Å². The molecule has 1 atom stereocenters. The molecule has 3 N–H and O–H groups in total. The van der Waals surface area contributed by atoms with E-state index in [9.17, 15) is 4.79 Å². The maximum atomic E-state index is 10.6. The number of fused-ring (bicyclic) bond motifs is 1. The summed E-state index contributed by atoms with van der Waals surface area (Å²) in [4.78, 5) is 10.6. The lowest BCUT2D eigenvalue weighted by atomic mass is 10.0. The van der Waals surface area contributed by atoms with Gasteiger partial charge in [-0.1, -0.05) is 0 Å². The van der Waals surface area contributed by atoms with Crippen molar-refractivity contribution in [1.82, 2.24) is 0 Å².